The SMILES string of the molecule is Cc1ccc(N(Cc2ccco2)C(=O)Cn2cnc3c(oc4ccccc43)c2=O)cc1. The van der Waals surface area contributed by atoms with Gasteiger partial charge in [0.1, 0.15) is 23.4 Å². The molecule has 0 aliphatic carbocycles. The van der Waals surface area contributed by atoms with Gasteiger partial charge in [-0.15, -0.1) is 0 Å². The van der Waals surface area contributed by atoms with E-state index in [-0.39, 0.29) is 24.6 Å². The molecule has 2 aromatic carbocycles. The van der Waals surface area contributed by atoms with Crippen LogP contribution in [0.15, 0.2) is 86.9 Å². The van der Waals surface area contributed by atoms with Crippen LogP contribution in [-0.4, -0.2) is 15.5 Å². The number of carbonyl (C=O) groups is 1. The quantitative estimate of drug-likeness (QED) is 0.430. The average molecular weight is 413 g/mol. The Morgan fingerprint density at radius 1 is 1.06 bits per heavy atom. The summed E-state index contributed by atoms with van der Waals surface area (Å²) >= 11 is 0. The predicted octanol–water partition coefficient (Wildman–Crippen LogP) is 4.28. The van der Waals surface area contributed by atoms with Gasteiger partial charge in [-0.05, 0) is 43.3 Å². The van der Waals surface area contributed by atoms with Gasteiger partial charge in [0.05, 0.1) is 19.1 Å². The van der Waals surface area contributed by atoms with Crippen LogP contribution in [0.25, 0.3) is 22.1 Å². The molecule has 0 bridgehead atoms. The molecule has 3 aromatic heterocycles. The largest absolute Gasteiger partial charge is 0.467 e. The lowest BCUT2D eigenvalue weighted by molar-refractivity contribution is -0.119. The third-order valence-electron chi connectivity index (χ3n) is 5.20. The maximum absolute atomic E-state index is 13.3. The molecule has 0 fully saturated rings. The molecule has 7 nitrogen and oxygen atoms in total. The van der Waals surface area contributed by atoms with Crippen LogP contribution in [-0.2, 0) is 17.9 Å². The van der Waals surface area contributed by atoms with Crippen molar-refractivity contribution in [2.75, 3.05) is 4.90 Å². The van der Waals surface area contributed by atoms with Crippen LogP contribution in [0.3, 0.4) is 0 Å². The maximum atomic E-state index is 13.3. The number of rotatable bonds is 5. The second-order valence-corrected chi connectivity index (χ2v) is 7.35. The summed E-state index contributed by atoms with van der Waals surface area (Å²) in [5.74, 6) is 0.381. The third kappa shape index (κ3) is 3.50. The minimum absolute atomic E-state index is 0.143. The van der Waals surface area contributed by atoms with E-state index in [1.54, 1.807) is 23.3 Å². The Morgan fingerprint density at radius 2 is 1.87 bits per heavy atom. The Morgan fingerprint density at radius 3 is 2.65 bits per heavy atom. The summed E-state index contributed by atoms with van der Waals surface area (Å²) in [5, 5.41) is 0.771. The second-order valence-electron chi connectivity index (χ2n) is 7.35. The van der Waals surface area contributed by atoms with Gasteiger partial charge in [0.25, 0.3) is 5.56 Å². The average Bonchev–Trinajstić information content (AvgIpc) is 3.43. The number of amides is 1. The summed E-state index contributed by atoms with van der Waals surface area (Å²) in [6, 6.07) is 18.5. The number of benzene rings is 2. The fraction of sp³-hybridized carbons (Fsp3) is 0.125. The molecule has 0 saturated heterocycles. The number of carbonyl (C=O) groups excluding carboxylic acids is 1. The van der Waals surface area contributed by atoms with Gasteiger partial charge in [0, 0.05) is 11.1 Å². The number of fused-ring (bicyclic) bond motifs is 3. The van der Waals surface area contributed by atoms with Crippen LogP contribution in [0, 0.1) is 6.92 Å². The molecule has 0 saturated carbocycles. The molecular weight excluding hydrogens is 394 g/mol. The van der Waals surface area contributed by atoms with Crippen molar-refractivity contribution in [3.63, 3.8) is 0 Å². The second kappa shape index (κ2) is 7.60. The molecule has 0 spiro atoms. The normalized spacial score (nSPS) is 11.3. The molecule has 0 unspecified atom stereocenters. The first-order valence-electron chi connectivity index (χ1n) is 9.86. The summed E-state index contributed by atoms with van der Waals surface area (Å²) in [6.07, 6.45) is 2.96. The zero-order valence-electron chi connectivity index (χ0n) is 16.8. The first kappa shape index (κ1) is 18.9. The summed E-state index contributed by atoms with van der Waals surface area (Å²) in [7, 11) is 0. The van der Waals surface area contributed by atoms with Crippen molar-refractivity contribution in [3.8, 4) is 0 Å². The monoisotopic (exact) mass is 413 g/mol. The van der Waals surface area contributed by atoms with E-state index >= 15 is 0 Å². The standard InChI is InChI=1S/C24H19N3O4/c1-16-8-10-17(11-9-16)27(13-18-5-4-12-30-18)21(28)14-26-15-25-22-19-6-2-3-7-20(19)31-23(22)24(26)29/h2-12,15H,13-14H2,1H3. The van der Waals surface area contributed by atoms with E-state index in [1.165, 1.54) is 10.9 Å². The van der Waals surface area contributed by atoms with Crippen molar-refractivity contribution in [3.05, 3.63) is 94.9 Å². The van der Waals surface area contributed by atoms with Gasteiger partial charge in [-0.25, -0.2) is 4.98 Å². The highest BCUT2D eigenvalue weighted by Crippen LogP contribution is 2.24. The number of nitrogens with zero attached hydrogens (tertiary/aromatic N) is 3. The molecule has 0 atom stereocenters. The molecule has 5 aromatic rings. The van der Waals surface area contributed by atoms with Gasteiger partial charge in [0.15, 0.2) is 0 Å². The topological polar surface area (TPSA) is 81.5 Å². The maximum Gasteiger partial charge on any atom is 0.297 e. The Balaban J connectivity index is 1.50. The van der Waals surface area contributed by atoms with Crippen LogP contribution >= 0.6 is 0 Å². The number of anilines is 1. The Labute approximate surface area is 177 Å². The van der Waals surface area contributed by atoms with Crippen molar-refractivity contribution in [2.24, 2.45) is 0 Å². The molecule has 154 valence electrons. The fourth-order valence-electron chi connectivity index (χ4n) is 3.57. The summed E-state index contributed by atoms with van der Waals surface area (Å²) in [4.78, 5) is 32.2. The molecule has 31 heavy (non-hydrogen) atoms. The number of para-hydroxylation sites is 1. The van der Waals surface area contributed by atoms with Crippen LogP contribution in [0.5, 0.6) is 0 Å². The first-order valence-corrected chi connectivity index (χ1v) is 9.86. The van der Waals surface area contributed by atoms with E-state index in [9.17, 15) is 9.59 Å². The summed E-state index contributed by atoms with van der Waals surface area (Å²) in [6.45, 7) is 2.06. The lowest BCUT2D eigenvalue weighted by Gasteiger charge is -2.22. The molecule has 3 heterocycles. The minimum atomic E-state index is -0.392. The lowest BCUT2D eigenvalue weighted by Crippen LogP contribution is -2.36. The number of hydrogen-bond donors (Lipinski definition) is 0. The highest BCUT2D eigenvalue weighted by atomic mass is 16.3. The molecule has 5 rings (SSSR count). The molecular formula is C24H19N3O4. The predicted molar refractivity (Wildman–Crippen MR) is 117 cm³/mol. The van der Waals surface area contributed by atoms with E-state index in [2.05, 4.69) is 4.98 Å². The minimum Gasteiger partial charge on any atom is -0.467 e. The van der Waals surface area contributed by atoms with Crippen LogP contribution in [0.2, 0.25) is 0 Å². The molecule has 0 aliphatic heterocycles. The van der Waals surface area contributed by atoms with Crippen LogP contribution in [0.4, 0.5) is 5.69 Å². The number of hydrogen-bond acceptors (Lipinski definition) is 5. The summed E-state index contributed by atoms with van der Waals surface area (Å²) in [5.41, 5.74) is 2.64. The Hall–Kier alpha value is -4.13. The highest BCUT2D eigenvalue weighted by molar-refractivity contribution is 6.01. The zero-order valence-corrected chi connectivity index (χ0v) is 16.8. The molecule has 0 N–H and O–H groups in total. The van der Waals surface area contributed by atoms with Crippen molar-refractivity contribution in [1.29, 1.82) is 0 Å². The molecule has 1 amide bonds. The van der Waals surface area contributed by atoms with Gasteiger partial charge in [0.2, 0.25) is 11.5 Å². The highest BCUT2D eigenvalue weighted by Gasteiger charge is 2.20. The van der Waals surface area contributed by atoms with Gasteiger partial charge >= 0.3 is 0 Å². The van der Waals surface area contributed by atoms with Gasteiger partial charge in [-0.1, -0.05) is 29.8 Å². The van der Waals surface area contributed by atoms with E-state index in [4.69, 9.17) is 8.83 Å². The lowest BCUT2D eigenvalue weighted by atomic mass is 10.2. The van der Waals surface area contributed by atoms with Crippen molar-refractivity contribution >= 4 is 33.7 Å². The Kier molecular flexibility index (Phi) is 4.63. The molecule has 0 radical (unpaired) electrons. The fourth-order valence-corrected chi connectivity index (χ4v) is 3.57. The van der Waals surface area contributed by atoms with Gasteiger partial charge in [-0.3, -0.25) is 14.2 Å². The van der Waals surface area contributed by atoms with Crippen molar-refractivity contribution < 1.29 is 13.6 Å². The van der Waals surface area contributed by atoms with E-state index in [0.717, 1.165) is 16.6 Å². The van der Waals surface area contributed by atoms with Gasteiger partial charge < -0.3 is 13.7 Å². The van der Waals surface area contributed by atoms with Crippen LogP contribution in [0.1, 0.15) is 11.3 Å². The zero-order chi connectivity index (χ0) is 21.4. The Bertz CT molecular complexity index is 1430. The summed E-state index contributed by atoms with van der Waals surface area (Å²) < 4.78 is 12.4. The van der Waals surface area contributed by atoms with E-state index in [1.807, 2.05) is 55.5 Å². The first-order chi connectivity index (χ1) is 15.1. The number of aromatic nitrogens is 2. The van der Waals surface area contributed by atoms with E-state index in [0.29, 0.717) is 16.9 Å². The van der Waals surface area contributed by atoms with Gasteiger partial charge in [-0.2, -0.15) is 0 Å². The molecule has 0 aliphatic rings. The third-order valence-corrected chi connectivity index (χ3v) is 5.20. The van der Waals surface area contributed by atoms with Crippen molar-refractivity contribution in [1.82, 2.24) is 9.55 Å². The smallest absolute Gasteiger partial charge is 0.297 e. The number of aryl methyl sites for hydroxylation is 1. The van der Waals surface area contributed by atoms with E-state index < -0.39 is 5.56 Å². The molecule has 7 heteroatoms. The van der Waals surface area contributed by atoms with Crippen LogP contribution < -0.4 is 10.5 Å². The van der Waals surface area contributed by atoms with Crippen molar-refractivity contribution in [2.45, 2.75) is 20.0 Å². The number of furan rings is 2.